The summed E-state index contributed by atoms with van der Waals surface area (Å²) in [7, 11) is 1.57. The van der Waals surface area contributed by atoms with Crippen LogP contribution in [0.1, 0.15) is 36.0 Å². The highest BCUT2D eigenvalue weighted by Crippen LogP contribution is 2.19. The zero-order valence-electron chi connectivity index (χ0n) is 10.0. The van der Waals surface area contributed by atoms with Crippen molar-refractivity contribution < 1.29 is 14.3 Å². The predicted molar refractivity (Wildman–Crippen MR) is 63.3 cm³/mol. The fourth-order valence-corrected chi connectivity index (χ4v) is 1.99. The van der Waals surface area contributed by atoms with Gasteiger partial charge in [0, 0.05) is 24.8 Å². The third-order valence-corrected chi connectivity index (χ3v) is 2.99. The number of nitrogens with zero attached hydrogens (tertiary/aromatic N) is 1. The quantitative estimate of drug-likeness (QED) is 0.734. The molecule has 1 aliphatic heterocycles. The molecule has 2 rings (SSSR count). The maximum Gasteiger partial charge on any atom is 0.164 e. The van der Waals surface area contributed by atoms with Crippen molar-refractivity contribution in [1.29, 1.82) is 0 Å². The first-order chi connectivity index (χ1) is 8.29. The van der Waals surface area contributed by atoms with Crippen LogP contribution in [0, 0.1) is 0 Å². The highest BCUT2D eigenvalue weighted by atomic mass is 16.5. The summed E-state index contributed by atoms with van der Waals surface area (Å²) in [4.78, 5) is 15.9. The highest BCUT2D eigenvalue weighted by molar-refractivity contribution is 5.96. The molecule has 1 atom stereocenters. The molecule has 4 nitrogen and oxygen atoms in total. The van der Waals surface area contributed by atoms with Gasteiger partial charge in [0.1, 0.15) is 5.75 Å². The van der Waals surface area contributed by atoms with Gasteiger partial charge in [0.15, 0.2) is 5.78 Å². The number of carbonyl (C=O) groups excluding carboxylic acids is 1. The van der Waals surface area contributed by atoms with Crippen molar-refractivity contribution in [3.05, 3.63) is 24.0 Å². The molecule has 0 spiro atoms. The number of methoxy groups -OCH3 is 1. The molecule has 1 aliphatic rings. The molecule has 0 N–H and O–H groups in total. The number of hydrogen-bond donors (Lipinski definition) is 0. The standard InChI is InChI=1S/C13H17NO3/c1-16-12-7-10(8-14-9-12)13(15)5-4-11-3-2-6-17-11/h7-9,11H,2-6H2,1H3. The van der Waals surface area contributed by atoms with Gasteiger partial charge in [-0.25, -0.2) is 0 Å². The van der Waals surface area contributed by atoms with Gasteiger partial charge in [0.25, 0.3) is 0 Å². The SMILES string of the molecule is COc1cncc(C(=O)CCC2CCCO2)c1. The predicted octanol–water partition coefficient (Wildman–Crippen LogP) is 2.23. The van der Waals surface area contributed by atoms with Crippen molar-refractivity contribution in [2.45, 2.75) is 31.8 Å². The van der Waals surface area contributed by atoms with E-state index in [2.05, 4.69) is 4.98 Å². The van der Waals surface area contributed by atoms with E-state index in [4.69, 9.17) is 9.47 Å². The van der Waals surface area contributed by atoms with Gasteiger partial charge in [0.2, 0.25) is 0 Å². The van der Waals surface area contributed by atoms with Crippen LogP contribution in [0.2, 0.25) is 0 Å². The van der Waals surface area contributed by atoms with Crippen LogP contribution in [0.15, 0.2) is 18.5 Å². The first-order valence-electron chi connectivity index (χ1n) is 5.93. The summed E-state index contributed by atoms with van der Waals surface area (Å²) in [5.74, 6) is 0.722. The summed E-state index contributed by atoms with van der Waals surface area (Å²) in [6.07, 6.45) is 6.94. The normalized spacial score (nSPS) is 19.2. The fourth-order valence-electron chi connectivity index (χ4n) is 1.99. The Balaban J connectivity index is 1.89. The largest absolute Gasteiger partial charge is 0.495 e. The lowest BCUT2D eigenvalue weighted by atomic mass is 10.0. The minimum absolute atomic E-state index is 0.104. The molecule has 1 aromatic rings. The van der Waals surface area contributed by atoms with Crippen LogP contribution >= 0.6 is 0 Å². The van der Waals surface area contributed by atoms with Crippen molar-refractivity contribution >= 4 is 5.78 Å². The summed E-state index contributed by atoms with van der Waals surface area (Å²) in [5, 5.41) is 0. The Bertz CT molecular complexity index is 386. The lowest BCUT2D eigenvalue weighted by Crippen LogP contribution is -2.09. The lowest BCUT2D eigenvalue weighted by molar-refractivity contribution is 0.0859. The van der Waals surface area contributed by atoms with Crippen LogP contribution in [0.25, 0.3) is 0 Å². The number of carbonyl (C=O) groups is 1. The number of rotatable bonds is 5. The van der Waals surface area contributed by atoms with E-state index < -0.39 is 0 Å². The van der Waals surface area contributed by atoms with E-state index in [1.165, 1.54) is 0 Å². The minimum Gasteiger partial charge on any atom is -0.495 e. The first-order valence-corrected chi connectivity index (χ1v) is 5.93. The Morgan fingerprint density at radius 3 is 3.18 bits per heavy atom. The minimum atomic E-state index is 0.104. The van der Waals surface area contributed by atoms with Gasteiger partial charge >= 0.3 is 0 Å². The number of aromatic nitrogens is 1. The van der Waals surface area contributed by atoms with Crippen molar-refractivity contribution in [3.63, 3.8) is 0 Å². The maximum atomic E-state index is 11.9. The molecule has 1 aromatic heterocycles. The first kappa shape index (κ1) is 12.0. The smallest absolute Gasteiger partial charge is 0.164 e. The number of pyridine rings is 1. The average molecular weight is 235 g/mol. The number of ether oxygens (including phenoxy) is 2. The molecule has 4 heteroatoms. The van der Waals surface area contributed by atoms with Gasteiger partial charge in [-0.15, -0.1) is 0 Å². The van der Waals surface area contributed by atoms with Gasteiger partial charge in [-0.3, -0.25) is 9.78 Å². The van der Waals surface area contributed by atoms with Gasteiger partial charge in [-0.1, -0.05) is 0 Å². The van der Waals surface area contributed by atoms with E-state index in [-0.39, 0.29) is 11.9 Å². The molecule has 92 valence electrons. The van der Waals surface area contributed by atoms with E-state index in [0.29, 0.717) is 17.7 Å². The third-order valence-electron chi connectivity index (χ3n) is 2.99. The molecule has 17 heavy (non-hydrogen) atoms. The highest BCUT2D eigenvalue weighted by Gasteiger charge is 2.17. The van der Waals surface area contributed by atoms with Gasteiger partial charge in [-0.2, -0.15) is 0 Å². The molecule has 1 unspecified atom stereocenters. The topological polar surface area (TPSA) is 48.4 Å². The summed E-state index contributed by atoms with van der Waals surface area (Å²) in [6, 6.07) is 1.73. The van der Waals surface area contributed by atoms with E-state index in [9.17, 15) is 4.79 Å². The monoisotopic (exact) mass is 235 g/mol. The Morgan fingerprint density at radius 2 is 2.47 bits per heavy atom. The Hall–Kier alpha value is -1.42. The molecular formula is C13H17NO3. The summed E-state index contributed by atoms with van der Waals surface area (Å²) in [6.45, 7) is 0.833. The second-order valence-electron chi connectivity index (χ2n) is 4.21. The molecule has 0 radical (unpaired) electrons. The third kappa shape index (κ3) is 3.27. The lowest BCUT2D eigenvalue weighted by Gasteiger charge is -2.08. The summed E-state index contributed by atoms with van der Waals surface area (Å²) in [5.41, 5.74) is 0.613. The fraction of sp³-hybridized carbons (Fsp3) is 0.538. The Kier molecular flexibility index (Phi) is 4.09. The van der Waals surface area contributed by atoms with E-state index in [1.807, 2.05) is 0 Å². The van der Waals surface area contributed by atoms with Crippen molar-refractivity contribution in [1.82, 2.24) is 4.98 Å². The van der Waals surface area contributed by atoms with E-state index in [1.54, 1.807) is 25.6 Å². The van der Waals surface area contributed by atoms with Crippen molar-refractivity contribution in [2.75, 3.05) is 13.7 Å². The summed E-state index contributed by atoms with van der Waals surface area (Å²) >= 11 is 0. The van der Waals surface area contributed by atoms with E-state index in [0.717, 1.165) is 25.9 Å². The van der Waals surface area contributed by atoms with Gasteiger partial charge in [-0.05, 0) is 25.3 Å². The van der Waals surface area contributed by atoms with Crippen molar-refractivity contribution in [3.8, 4) is 5.75 Å². The van der Waals surface area contributed by atoms with Crippen LogP contribution in [-0.4, -0.2) is 30.6 Å². The maximum absolute atomic E-state index is 11.9. The molecule has 2 heterocycles. The van der Waals surface area contributed by atoms with Crippen molar-refractivity contribution in [2.24, 2.45) is 0 Å². The average Bonchev–Trinajstić information content (AvgIpc) is 2.89. The second kappa shape index (κ2) is 5.77. The van der Waals surface area contributed by atoms with Crippen LogP contribution in [-0.2, 0) is 4.74 Å². The van der Waals surface area contributed by atoms with Crippen LogP contribution in [0.4, 0.5) is 0 Å². The molecule has 1 fully saturated rings. The Morgan fingerprint density at radius 1 is 1.59 bits per heavy atom. The van der Waals surface area contributed by atoms with E-state index >= 15 is 0 Å². The zero-order valence-corrected chi connectivity index (χ0v) is 10.0. The van der Waals surface area contributed by atoms with Gasteiger partial charge in [0.05, 0.1) is 19.4 Å². The molecule has 1 saturated heterocycles. The van der Waals surface area contributed by atoms with Crippen LogP contribution in [0.3, 0.4) is 0 Å². The summed E-state index contributed by atoms with van der Waals surface area (Å²) < 4.78 is 10.5. The van der Waals surface area contributed by atoms with Crippen LogP contribution < -0.4 is 4.74 Å². The second-order valence-corrected chi connectivity index (χ2v) is 4.21. The van der Waals surface area contributed by atoms with Crippen LogP contribution in [0.5, 0.6) is 5.75 Å². The number of hydrogen-bond acceptors (Lipinski definition) is 4. The molecule has 0 aliphatic carbocycles. The number of ketones is 1. The molecular weight excluding hydrogens is 218 g/mol. The zero-order chi connectivity index (χ0) is 12.1. The van der Waals surface area contributed by atoms with Gasteiger partial charge < -0.3 is 9.47 Å². The molecule has 0 saturated carbocycles. The number of Topliss-reactive ketones (excluding diaryl/α,β-unsaturated/α-hetero) is 1. The molecule has 0 amide bonds. The Labute approximate surface area is 101 Å². The molecule has 0 aromatic carbocycles. The molecule has 0 bridgehead atoms.